The van der Waals surface area contributed by atoms with Gasteiger partial charge in [-0.2, -0.15) is 16.3 Å². The Bertz CT molecular complexity index is 857. The zero-order chi connectivity index (χ0) is 18.5. The van der Waals surface area contributed by atoms with Crippen molar-refractivity contribution in [2.45, 2.75) is 19.4 Å². The molecule has 0 atom stereocenters. The number of piperazine rings is 1. The monoisotopic (exact) mass is 383 g/mol. The molecule has 0 saturated carbocycles. The van der Waals surface area contributed by atoms with E-state index in [2.05, 4.69) is 20.0 Å². The molecule has 1 aliphatic rings. The molecule has 7 nitrogen and oxygen atoms in total. The van der Waals surface area contributed by atoms with E-state index in [9.17, 15) is 4.79 Å². The summed E-state index contributed by atoms with van der Waals surface area (Å²) in [5.41, 5.74) is 2.20. The Hall–Kier alpha value is -2.58. The molecule has 4 heterocycles. The van der Waals surface area contributed by atoms with Crippen molar-refractivity contribution < 1.29 is 9.32 Å². The van der Waals surface area contributed by atoms with Crippen molar-refractivity contribution in [3.63, 3.8) is 0 Å². The first-order chi connectivity index (χ1) is 13.3. The molecule has 1 amide bonds. The van der Waals surface area contributed by atoms with E-state index in [1.165, 1.54) is 5.56 Å². The molecule has 1 saturated heterocycles. The van der Waals surface area contributed by atoms with E-state index in [-0.39, 0.29) is 5.91 Å². The third kappa shape index (κ3) is 4.58. The van der Waals surface area contributed by atoms with Gasteiger partial charge in [-0.05, 0) is 29.1 Å². The van der Waals surface area contributed by atoms with Gasteiger partial charge in [0.1, 0.15) is 0 Å². The minimum atomic E-state index is 0.147. The summed E-state index contributed by atoms with van der Waals surface area (Å²) in [6, 6.07) is 6.02. The Morgan fingerprint density at radius 1 is 1.15 bits per heavy atom. The Balaban J connectivity index is 1.23. The maximum atomic E-state index is 12.5. The van der Waals surface area contributed by atoms with Gasteiger partial charge < -0.3 is 9.42 Å². The Kier molecular flexibility index (Phi) is 5.55. The molecule has 0 N–H and O–H groups in total. The lowest BCUT2D eigenvalue weighted by atomic mass is 10.2. The highest BCUT2D eigenvalue weighted by Crippen LogP contribution is 2.19. The van der Waals surface area contributed by atoms with Crippen molar-refractivity contribution in [3.8, 4) is 11.4 Å². The summed E-state index contributed by atoms with van der Waals surface area (Å²) in [7, 11) is 0. The van der Waals surface area contributed by atoms with Gasteiger partial charge in [-0.1, -0.05) is 5.16 Å². The second kappa shape index (κ2) is 8.41. The van der Waals surface area contributed by atoms with Gasteiger partial charge in [0, 0.05) is 68.9 Å². The molecule has 3 aromatic heterocycles. The van der Waals surface area contributed by atoms with Gasteiger partial charge in [-0.3, -0.25) is 14.7 Å². The van der Waals surface area contributed by atoms with E-state index in [1.54, 1.807) is 11.3 Å². The fourth-order valence-corrected chi connectivity index (χ4v) is 3.77. The van der Waals surface area contributed by atoms with Gasteiger partial charge in [0.05, 0.1) is 0 Å². The maximum Gasteiger partial charge on any atom is 0.227 e. The second-order valence-electron chi connectivity index (χ2n) is 6.54. The van der Waals surface area contributed by atoms with E-state index in [1.807, 2.05) is 46.3 Å². The number of carbonyl (C=O) groups excluding carboxylic acids is 1. The average molecular weight is 383 g/mol. The van der Waals surface area contributed by atoms with Crippen molar-refractivity contribution in [3.05, 3.63) is 52.8 Å². The van der Waals surface area contributed by atoms with Crippen LogP contribution in [0.4, 0.5) is 0 Å². The highest BCUT2D eigenvalue weighted by molar-refractivity contribution is 7.08. The van der Waals surface area contributed by atoms with Gasteiger partial charge in [0.25, 0.3) is 0 Å². The predicted molar refractivity (Wildman–Crippen MR) is 102 cm³/mol. The molecule has 140 valence electrons. The third-order valence-electron chi connectivity index (χ3n) is 4.68. The van der Waals surface area contributed by atoms with Crippen molar-refractivity contribution in [1.29, 1.82) is 0 Å². The van der Waals surface area contributed by atoms with Crippen LogP contribution in [0.2, 0.25) is 0 Å². The zero-order valence-electron chi connectivity index (χ0n) is 15.0. The minimum absolute atomic E-state index is 0.147. The van der Waals surface area contributed by atoms with Crippen LogP contribution in [0.3, 0.4) is 0 Å². The molecule has 27 heavy (non-hydrogen) atoms. The van der Waals surface area contributed by atoms with E-state index in [0.29, 0.717) is 24.6 Å². The summed E-state index contributed by atoms with van der Waals surface area (Å²) in [6.45, 7) is 4.19. The van der Waals surface area contributed by atoms with Crippen LogP contribution in [-0.2, 0) is 17.8 Å². The highest BCUT2D eigenvalue weighted by atomic mass is 32.1. The fraction of sp³-hybridized carbons (Fsp3) is 0.368. The lowest BCUT2D eigenvalue weighted by Crippen LogP contribution is -2.48. The summed E-state index contributed by atoms with van der Waals surface area (Å²) >= 11 is 1.59. The lowest BCUT2D eigenvalue weighted by Gasteiger charge is -2.34. The molecule has 0 radical (unpaired) electrons. The van der Waals surface area contributed by atoms with Crippen molar-refractivity contribution in [2.24, 2.45) is 0 Å². The normalized spacial score (nSPS) is 15.2. The first-order valence-corrected chi connectivity index (χ1v) is 9.96. The number of aromatic nitrogens is 3. The Morgan fingerprint density at radius 2 is 1.96 bits per heavy atom. The van der Waals surface area contributed by atoms with E-state index < -0.39 is 0 Å². The van der Waals surface area contributed by atoms with Crippen molar-refractivity contribution in [1.82, 2.24) is 24.9 Å². The molecule has 0 spiro atoms. The summed E-state index contributed by atoms with van der Waals surface area (Å²) in [5, 5.41) is 7.94. The molecule has 1 aliphatic heterocycles. The van der Waals surface area contributed by atoms with Crippen LogP contribution >= 0.6 is 11.3 Å². The minimum Gasteiger partial charge on any atom is -0.340 e. The van der Waals surface area contributed by atoms with Crippen LogP contribution in [0.15, 0.2) is 45.9 Å². The molecule has 0 unspecified atom stereocenters. The molecule has 0 aliphatic carbocycles. The van der Waals surface area contributed by atoms with E-state index >= 15 is 0 Å². The number of rotatable bonds is 6. The van der Waals surface area contributed by atoms with Gasteiger partial charge in [0.15, 0.2) is 0 Å². The fourth-order valence-electron chi connectivity index (χ4n) is 3.14. The molecule has 3 aromatic rings. The Morgan fingerprint density at radius 3 is 2.70 bits per heavy atom. The predicted octanol–water partition coefficient (Wildman–Crippen LogP) is 2.47. The van der Waals surface area contributed by atoms with Crippen LogP contribution < -0.4 is 0 Å². The van der Waals surface area contributed by atoms with Crippen LogP contribution in [0.25, 0.3) is 11.4 Å². The molecule has 0 aromatic carbocycles. The van der Waals surface area contributed by atoms with Crippen molar-refractivity contribution >= 4 is 17.2 Å². The number of amides is 1. The van der Waals surface area contributed by atoms with Crippen LogP contribution in [0.1, 0.15) is 17.9 Å². The SMILES string of the molecule is O=C(CCc1nc(-c2ccsc2)no1)N1CCN(Cc2ccncc2)CC1. The van der Waals surface area contributed by atoms with Crippen molar-refractivity contribution in [2.75, 3.05) is 26.2 Å². The number of nitrogens with zero attached hydrogens (tertiary/aromatic N) is 5. The smallest absolute Gasteiger partial charge is 0.227 e. The summed E-state index contributed by atoms with van der Waals surface area (Å²) in [6.07, 6.45) is 4.51. The first kappa shape index (κ1) is 17.8. The topological polar surface area (TPSA) is 75.4 Å². The van der Waals surface area contributed by atoms with Crippen LogP contribution in [-0.4, -0.2) is 57.0 Å². The quantitative estimate of drug-likeness (QED) is 0.651. The van der Waals surface area contributed by atoms with Gasteiger partial charge in [-0.25, -0.2) is 0 Å². The third-order valence-corrected chi connectivity index (χ3v) is 5.36. The first-order valence-electron chi connectivity index (χ1n) is 9.02. The number of thiophene rings is 1. The molecule has 8 heteroatoms. The van der Waals surface area contributed by atoms with Crippen LogP contribution in [0.5, 0.6) is 0 Å². The maximum absolute atomic E-state index is 12.5. The number of pyridine rings is 1. The Labute approximate surface area is 161 Å². The summed E-state index contributed by atoms with van der Waals surface area (Å²) < 4.78 is 5.27. The molecular formula is C19H21N5O2S. The molecule has 0 bridgehead atoms. The highest BCUT2D eigenvalue weighted by Gasteiger charge is 2.21. The average Bonchev–Trinajstić information content (AvgIpc) is 3.39. The summed E-state index contributed by atoms with van der Waals surface area (Å²) in [4.78, 5) is 25.2. The zero-order valence-corrected chi connectivity index (χ0v) is 15.8. The van der Waals surface area contributed by atoms with Gasteiger partial charge >= 0.3 is 0 Å². The van der Waals surface area contributed by atoms with E-state index in [0.717, 1.165) is 38.3 Å². The number of carbonyl (C=O) groups is 1. The number of aryl methyl sites for hydroxylation is 1. The van der Waals surface area contributed by atoms with Gasteiger partial charge in [-0.15, -0.1) is 0 Å². The lowest BCUT2D eigenvalue weighted by molar-refractivity contribution is -0.133. The summed E-state index contributed by atoms with van der Waals surface area (Å²) in [5.74, 6) is 1.25. The largest absolute Gasteiger partial charge is 0.340 e. The molecule has 1 fully saturated rings. The van der Waals surface area contributed by atoms with Gasteiger partial charge in [0.2, 0.25) is 17.6 Å². The number of hydrogen-bond donors (Lipinski definition) is 0. The molecular weight excluding hydrogens is 362 g/mol. The van der Waals surface area contributed by atoms with E-state index in [4.69, 9.17) is 4.52 Å². The van der Waals surface area contributed by atoms with Crippen LogP contribution in [0, 0.1) is 0 Å². The second-order valence-corrected chi connectivity index (χ2v) is 7.32. The number of hydrogen-bond acceptors (Lipinski definition) is 7. The molecule has 4 rings (SSSR count). The standard InChI is InChI=1S/C19H21N5O2S/c25-18(2-1-17-21-19(22-26-17)16-5-12-27-14-16)24-10-8-23(9-11-24)13-15-3-6-20-7-4-15/h3-7,12,14H,1-2,8-11,13H2.